The Morgan fingerprint density at radius 1 is 0.906 bits per heavy atom. The van der Waals surface area contributed by atoms with Crippen molar-refractivity contribution < 1.29 is 9.53 Å². The lowest BCUT2D eigenvalue weighted by atomic mass is 10.1. The molecule has 0 atom stereocenters. The standard InChI is InChI=1S/C23H19N5O2S2/c1-30-22(29)16-13-14-32-21(16)24-18-9-5-6-10-19(18)25-23(31)26-20-12-11-17(27-28-20)15-7-3-2-4-8-15/h2-14,24H,1H3,(H2,25,26,28,31). The number of nitrogens with zero attached hydrogens (tertiary/aromatic N) is 2. The van der Waals surface area contributed by atoms with E-state index in [1.807, 2.05) is 72.1 Å². The molecule has 0 saturated carbocycles. The first-order valence-corrected chi connectivity index (χ1v) is 10.9. The topological polar surface area (TPSA) is 88.2 Å². The summed E-state index contributed by atoms with van der Waals surface area (Å²) < 4.78 is 4.84. The quantitative estimate of drug-likeness (QED) is 0.255. The van der Waals surface area contributed by atoms with Gasteiger partial charge in [0.05, 0.1) is 29.7 Å². The van der Waals surface area contributed by atoms with Crippen LogP contribution in [0.1, 0.15) is 10.4 Å². The molecule has 32 heavy (non-hydrogen) atoms. The Hall–Kier alpha value is -3.82. The average Bonchev–Trinajstić information content (AvgIpc) is 3.29. The maximum absolute atomic E-state index is 12.0. The lowest BCUT2D eigenvalue weighted by Crippen LogP contribution is -2.20. The van der Waals surface area contributed by atoms with E-state index in [9.17, 15) is 4.79 Å². The molecule has 9 heteroatoms. The number of thiocarbonyl (C=S) groups is 1. The smallest absolute Gasteiger partial charge is 0.340 e. The molecule has 0 radical (unpaired) electrons. The summed E-state index contributed by atoms with van der Waals surface area (Å²) in [4.78, 5) is 12.0. The van der Waals surface area contributed by atoms with Gasteiger partial charge in [-0.2, -0.15) is 0 Å². The number of carbonyl (C=O) groups excluding carboxylic acids is 1. The molecule has 2 aromatic heterocycles. The van der Waals surface area contributed by atoms with E-state index in [1.54, 1.807) is 6.07 Å². The van der Waals surface area contributed by atoms with Crippen molar-refractivity contribution in [3.8, 4) is 11.3 Å². The Balaban J connectivity index is 1.44. The molecule has 0 saturated heterocycles. The molecule has 2 aromatic carbocycles. The minimum absolute atomic E-state index is 0.361. The monoisotopic (exact) mass is 461 g/mol. The molecule has 3 N–H and O–H groups in total. The van der Waals surface area contributed by atoms with Crippen molar-refractivity contribution >= 4 is 56.8 Å². The van der Waals surface area contributed by atoms with Gasteiger partial charge in [0.2, 0.25) is 0 Å². The number of nitrogens with one attached hydrogen (secondary N) is 3. The molecule has 0 spiro atoms. The molecule has 0 unspecified atom stereocenters. The van der Waals surface area contributed by atoms with Gasteiger partial charge in [-0.05, 0) is 47.9 Å². The molecule has 0 bridgehead atoms. The summed E-state index contributed by atoms with van der Waals surface area (Å²) >= 11 is 6.86. The van der Waals surface area contributed by atoms with E-state index in [2.05, 4.69) is 26.1 Å². The van der Waals surface area contributed by atoms with E-state index < -0.39 is 5.97 Å². The van der Waals surface area contributed by atoms with E-state index in [0.717, 1.165) is 22.6 Å². The predicted molar refractivity (Wildman–Crippen MR) is 133 cm³/mol. The maximum atomic E-state index is 12.0. The summed E-state index contributed by atoms with van der Waals surface area (Å²) in [5, 5.41) is 20.8. The van der Waals surface area contributed by atoms with Gasteiger partial charge in [0.15, 0.2) is 10.9 Å². The second kappa shape index (κ2) is 9.99. The van der Waals surface area contributed by atoms with Gasteiger partial charge in [0.1, 0.15) is 5.00 Å². The zero-order valence-corrected chi connectivity index (χ0v) is 18.7. The van der Waals surface area contributed by atoms with Crippen LogP contribution in [0.2, 0.25) is 0 Å². The van der Waals surface area contributed by atoms with Crippen LogP contribution in [-0.4, -0.2) is 28.4 Å². The van der Waals surface area contributed by atoms with Crippen molar-refractivity contribution in [1.82, 2.24) is 10.2 Å². The van der Waals surface area contributed by atoms with Gasteiger partial charge in [-0.3, -0.25) is 0 Å². The number of hydrogen-bond acceptors (Lipinski definition) is 7. The van der Waals surface area contributed by atoms with Gasteiger partial charge >= 0.3 is 5.97 Å². The van der Waals surface area contributed by atoms with Crippen molar-refractivity contribution in [2.75, 3.05) is 23.1 Å². The van der Waals surface area contributed by atoms with Gasteiger partial charge in [-0.25, -0.2) is 4.79 Å². The molecule has 0 amide bonds. The zero-order valence-electron chi connectivity index (χ0n) is 17.0. The molecule has 4 rings (SSSR count). The van der Waals surface area contributed by atoms with Gasteiger partial charge in [0, 0.05) is 5.56 Å². The van der Waals surface area contributed by atoms with Crippen molar-refractivity contribution in [3.63, 3.8) is 0 Å². The van der Waals surface area contributed by atoms with Gasteiger partial charge in [-0.1, -0.05) is 42.5 Å². The number of para-hydroxylation sites is 2. The SMILES string of the molecule is COC(=O)c1ccsc1Nc1ccccc1NC(=S)Nc1ccc(-c2ccccc2)nn1. The first kappa shape index (κ1) is 21.4. The van der Waals surface area contributed by atoms with E-state index in [-0.39, 0.29) is 0 Å². The number of anilines is 4. The van der Waals surface area contributed by atoms with Gasteiger partial charge in [-0.15, -0.1) is 21.5 Å². The Labute approximate surface area is 194 Å². The molecule has 0 aliphatic heterocycles. The van der Waals surface area contributed by atoms with Crippen LogP contribution in [0.25, 0.3) is 11.3 Å². The number of benzene rings is 2. The third-order valence-corrected chi connectivity index (χ3v) is 5.50. The van der Waals surface area contributed by atoms with Crippen LogP contribution in [0.5, 0.6) is 0 Å². The molecule has 160 valence electrons. The van der Waals surface area contributed by atoms with Gasteiger partial charge in [0.25, 0.3) is 0 Å². The van der Waals surface area contributed by atoms with Crippen LogP contribution in [0, 0.1) is 0 Å². The van der Waals surface area contributed by atoms with Crippen LogP contribution in [0.15, 0.2) is 78.2 Å². The number of thiophene rings is 1. The molecular formula is C23H19N5O2S2. The molecule has 0 fully saturated rings. The number of hydrogen-bond donors (Lipinski definition) is 3. The molecule has 0 aliphatic rings. The van der Waals surface area contributed by atoms with E-state index >= 15 is 0 Å². The van der Waals surface area contributed by atoms with Crippen LogP contribution in [0.3, 0.4) is 0 Å². The first-order valence-electron chi connectivity index (χ1n) is 9.63. The Bertz CT molecular complexity index is 1230. The number of esters is 1. The highest BCUT2D eigenvalue weighted by Gasteiger charge is 2.15. The Morgan fingerprint density at radius 2 is 1.66 bits per heavy atom. The third kappa shape index (κ3) is 5.08. The van der Waals surface area contributed by atoms with Gasteiger partial charge < -0.3 is 20.7 Å². The number of rotatable bonds is 6. The van der Waals surface area contributed by atoms with Crippen molar-refractivity contribution in [1.29, 1.82) is 0 Å². The summed E-state index contributed by atoms with van der Waals surface area (Å²) in [5.74, 6) is 0.132. The zero-order chi connectivity index (χ0) is 22.3. The molecule has 2 heterocycles. The van der Waals surface area contributed by atoms with Crippen LogP contribution < -0.4 is 16.0 Å². The third-order valence-electron chi connectivity index (χ3n) is 4.47. The minimum atomic E-state index is -0.395. The first-order chi connectivity index (χ1) is 15.6. The van der Waals surface area contributed by atoms with Crippen LogP contribution in [0.4, 0.5) is 22.2 Å². The highest BCUT2D eigenvalue weighted by molar-refractivity contribution is 7.80. The van der Waals surface area contributed by atoms with Crippen molar-refractivity contribution in [3.05, 3.63) is 83.7 Å². The Morgan fingerprint density at radius 3 is 2.38 bits per heavy atom. The minimum Gasteiger partial charge on any atom is -0.465 e. The molecule has 4 aromatic rings. The van der Waals surface area contributed by atoms with Crippen LogP contribution in [-0.2, 0) is 4.74 Å². The second-order valence-electron chi connectivity index (χ2n) is 6.57. The molecule has 7 nitrogen and oxygen atoms in total. The van der Waals surface area contributed by atoms with E-state index in [0.29, 0.717) is 21.5 Å². The van der Waals surface area contributed by atoms with E-state index in [1.165, 1.54) is 18.4 Å². The largest absolute Gasteiger partial charge is 0.465 e. The fourth-order valence-electron chi connectivity index (χ4n) is 2.93. The fourth-order valence-corrected chi connectivity index (χ4v) is 3.93. The van der Waals surface area contributed by atoms with E-state index in [4.69, 9.17) is 17.0 Å². The lowest BCUT2D eigenvalue weighted by molar-refractivity contribution is 0.0602. The number of carbonyl (C=O) groups is 1. The maximum Gasteiger partial charge on any atom is 0.340 e. The average molecular weight is 462 g/mol. The fraction of sp³-hybridized carbons (Fsp3) is 0.0435. The predicted octanol–water partition coefficient (Wildman–Crippen LogP) is 5.54. The number of ether oxygens (including phenoxy) is 1. The molecular weight excluding hydrogens is 442 g/mol. The number of methoxy groups -OCH3 is 1. The summed E-state index contributed by atoms with van der Waals surface area (Å²) in [7, 11) is 1.36. The Kier molecular flexibility index (Phi) is 6.69. The number of aromatic nitrogens is 2. The van der Waals surface area contributed by atoms with Crippen molar-refractivity contribution in [2.24, 2.45) is 0 Å². The summed E-state index contributed by atoms with van der Waals surface area (Å²) in [6.45, 7) is 0. The summed E-state index contributed by atoms with van der Waals surface area (Å²) in [5.41, 5.74) is 3.74. The highest BCUT2D eigenvalue weighted by atomic mass is 32.1. The van der Waals surface area contributed by atoms with Crippen molar-refractivity contribution in [2.45, 2.75) is 0 Å². The lowest BCUT2D eigenvalue weighted by Gasteiger charge is -2.15. The summed E-state index contributed by atoms with van der Waals surface area (Å²) in [6, 6.07) is 22.8. The normalized spacial score (nSPS) is 10.3. The molecule has 0 aliphatic carbocycles. The second-order valence-corrected chi connectivity index (χ2v) is 7.90. The summed E-state index contributed by atoms with van der Waals surface area (Å²) in [6.07, 6.45) is 0. The van der Waals surface area contributed by atoms with Crippen LogP contribution >= 0.6 is 23.6 Å². The highest BCUT2D eigenvalue weighted by Crippen LogP contribution is 2.31.